The zero-order chi connectivity index (χ0) is 42.4. The second-order valence-electron chi connectivity index (χ2n) is 16.6. The molecule has 0 radical (unpaired) electrons. The van der Waals surface area contributed by atoms with Crippen LogP contribution in [-0.2, 0) is 6.42 Å². The van der Waals surface area contributed by atoms with Gasteiger partial charge in [0.15, 0.2) is 0 Å². The number of benzene rings is 8. The second-order valence-corrected chi connectivity index (χ2v) is 16.6. The lowest BCUT2D eigenvalue weighted by molar-refractivity contribution is 0.787. The third kappa shape index (κ3) is 6.42. The first-order valence-electron chi connectivity index (χ1n) is 22.2. The van der Waals surface area contributed by atoms with Crippen LogP contribution in [0.4, 0.5) is 28.4 Å². The monoisotopic (exact) mass is 820 g/mol. The maximum atomic E-state index is 5.43. The molecular formula is C60H44N4. The van der Waals surface area contributed by atoms with Crippen molar-refractivity contribution < 1.29 is 0 Å². The molecule has 2 aliphatic rings. The van der Waals surface area contributed by atoms with Crippen molar-refractivity contribution in [3.05, 3.63) is 242 Å². The fraction of sp³-hybridized carbons (Fsp3) is 0.0500. The first kappa shape index (κ1) is 37.5. The first-order chi connectivity index (χ1) is 31.8. The van der Waals surface area contributed by atoms with Gasteiger partial charge in [-0.15, -0.1) is 0 Å². The van der Waals surface area contributed by atoms with E-state index in [0.717, 1.165) is 63.3 Å². The third-order valence-electron chi connectivity index (χ3n) is 12.9. The molecule has 12 rings (SSSR count). The maximum absolute atomic E-state index is 5.43. The number of anilines is 5. The summed E-state index contributed by atoms with van der Waals surface area (Å²) in [4.78, 5) is 10.3. The van der Waals surface area contributed by atoms with Gasteiger partial charge in [-0.1, -0.05) is 170 Å². The Kier molecular flexibility index (Phi) is 9.34. The van der Waals surface area contributed by atoms with Gasteiger partial charge in [0.25, 0.3) is 0 Å². The maximum Gasteiger partial charge on any atom is 0.137 e. The molecule has 0 fully saturated rings. The molecule has 0 bridgehead atoms. The number of hydrogen-bond acceptors (Lipinski definition) is 3. The van der Waals surface area contributed by atoms with Crippen molar-refractivity contribution in [2.75, 3.05) is 9.80 Å². The van der Waals surface area contributed by atoms with E-state index in [4.69, 9.17) is 4.98 Å². The number of nitrogens with zero attached hydrogens (tertiary/aromatic N) is 4. The van der Waals surface area contributed by atoms with Crippen molar-refractivity contribution in [3.8, 4) is 22.3 Å². The number of imidazole rings is 1. The third-order valence-corrected chi connectivity index (χ3v) is 12.9. The van der Waals surface area contributed by atoms with Crippen LogP contribution < -0.4 is 9.80 Å². The van der Waals surface area contributed by atoms with Crippen LogP contribution in [0.1, 0.15) is 17.5 Å². The van der Waals surface area contributed by atoms with Gasteiger partial charge in [-0.2, -0.15) is 0 Å². The summed E-state index contributed by atoms with van der Waals surface area (Å²) >= 11 is 0. The van der Waals surface area contributed by atoms with E-state index in [1.807, 2.05) is 0 Å². The van der Waals surface area contributed by atoms with Gasteiger partial charge in [0.05, 0.1) is 22.8 Å². The van der Waals surface area contributed by atoms with Gasteiger partial charge < -0.3 is 9.80 Å². The quantitative estimate of drug-likeness (QED) is 0.153. The summed E-state index contributed by atoms with van der Waals surface area (Å²) in [7, 11) is 0. The Balaban J connectivity index is 1.01. The molecule has 1 unspecified atom stereocenters. The molecule has 304 valence electrons. The van der Waals surface area contributed by atoms with Gasteiger partial charge >= 0.3 is 0 Å². The van der Waals surface area contributed by atoms with E-state index in [1.165, 1.54) is 49.6 Å². The van der Waals surface area contributed by atoms with Crippen LogP contribution in [0.3, 0.4) is 0 Å². The molecule has 0 spiro atoms. The van der Waals surface area contributed by atoms with Crippen molar-refractivity contribution >= 4 is 72.7 Å². The van der Waals surface area contributed by atoms with E-state index in [9.17, 15) is 0 Å². The van der Waals surface area contributed by atoms with Crippen molar-refractivity contribution in [3.63, 3.8) is 0 Å². The van der Waals surface area contributed by atoms with Gasteiger partial charge in [0, 0.05) is 45.5 Å². The van der Waals surface area contributed by atoms with Gasteiger partial charge in [-0.25, -0.2) is 4.98 Å². The molecule has 2 heterocycles. The summed E-state index contributed by atoms with van der Waals surface area (Å²) < 4.78 is 2.27. The molecule has 4 heteroatoms. The van der Waals surface area contributed by atoms with Crippen LogP contribution in [0, 0.1) is 0 Å². The smallest absolute Gasteiger partial charge is 0.137 e. The van der Waals surface area contributed by atoms with Crippen LogP contribution in [0.5, 0.6) is 0 Å². The Morgan fingerprint density at radius 1 is 0.500 bits per heavy atom. The van der Waals surface area contributed by atoms with Crippen molar-refractivity contribution in [2.24, 2.45) is 0 Å². The Labute approximate surface area is 373 Å². The van der Waals surface area contributed by atoms with Crippen molar-refractivity contribution in [2.45, 2.75) is 18.9 Å². The first-order valence-corrected chi connectivity index (χ1v) is 22.2. The largest absolute Gasteiger partial charge is 0.334 e. The molecule has 4 nitrogen and oxygen atoms in total. The predicted molar refractivity (Wildman–Crippen MR) is 270 cm³/mol. The summed E-state index contributed by atoms with van der Waals surface area (Å²) in [6.45, 7) is 0. The van der Waals surface area contributed by atoms with E-state index in [1.54, 1.807) is 0 Å². The Morgan fingerprint density at radius 2 is 1.16 bits per heavy atom. The molecule has 0 N–H and O–H groups in total. The normalized spacial score (nSPS) is 14.3. The zero-order valence-electron chi connectivity index (χ0n) is 35.3. The Morgan fingerprint density at radius 3 is 1.97 bits per heavy atom. The average Bonchev–Trinajstić information content (AvgIpc) is 3.56. The molecule has 0 saturated heterocycles. The minimum absolute atomic E-state index is 0.190. The summed E-state index contributed by atoms with van der Waals surface area (Å²) in [5, 5.41) is 4.85. The van der Waals surface area contributed by atoms with Gasteiger partial charge in [-0.05, 0) is 112 Å². The second kappa shape index (κ2) is 15.9. The number of allylic oxidation sites excluding steroid dienone is 5. The number of para-hydroxylation sites is 1. The lowest BCUT2D eigenvalue weighted by Crippen LogP contribution is -2.29. The molecule has 2 aliphatic carbocycles. The van der Waals surface area contributed by atoms with Gasteiger partial charge in [-0.3, -0.25) is 4.40 Å². The average molecular weight is 821 g/mol. The molecule has 0 aliphatic heterocycles. The van der Waals surface area contributed by atoms with Crippen molar-refractivity contribution in [1.82, 2.24) is 9.38 Å². The van der Waals surface area contributed by atoms with Crippen LogP contribution in [0.2, 0.25) is 0 Å². The van der Waals surface area contributed by atoms with E-state index in [-0.39, 0.29) is 6.04 Å². The minimum Gasteiger partial charge on any atom is -0.334 e. The number of rotatable bonds is 8. The Hall–Kier alpha value is -8.21. The number of fused-ring (bicyclic) bond motifs is 6. The van der Waals surface area contributed by atoms with E-state index in [2.05, 4.69) is 251 Å². The summed E-state index contributed by atoms with van der Waals surface area (Å²) in [6.07, 6.45) is 21.6. The number of pyridine rings is 1. The lowest BCUT2D eigenvalue weighted by Gasteiger charge is -2.33. The van der Waals surface area contributed by atoms with E-state index < -0.39 is 0 Å². The topological polar surface area (TPSA) is 23.8 Å². The molecule has 0 saturated carbocycles. The van der Waals surface area contributed by atoms with Gasteiger partial charge in [0.2, 0.25) is 0 Å². The van der Waals surface area contributed by atoms with Crippen LogP contribution in [0.25, 0.3) is 66.6 Å². The fourth-order valence-electron chi connectivity index (χ4n) is 10.0. The number of aromatic nitrogens is 2. The molecule has 1 atom stereocenters. The summed E-state index contributed by atoms with van der Waals surface area (Å²) in [5.74, 6) is 0. The van der Waals surface area contributed by atoms with Crippen LogP contribution in [0.15, 0.2) is 231 Å². The molecule has 10 aromatic rings. The van der Waals surface area contributed by atoms with Crippen LogP contribution >= 0.6 is 0 Å². The van der Waals surface area contributed by atoms with E-state index >= 15 is 0 Å². The molecular weight excluding hydrogens is 777 g/mol. The van der Waals surface area contributed by atoms with Gasteiger partial charge in [0.1, 0.15) is 5.65 Å². The summed E-state index contributed by atoms with van der Waals surface area (Å²) in [6, 6.07) is 66.3. The minimum atomic E-state index is 0.190. The Bertz CT molecular complexity index is 3490. The molecule has 2 aromatic heterocycles. The lowest BCUT2D eigenvalue weighted by atomic mass is 9.89. The van der Waals surface area contributed by atoms with Crippen molar-refractivity contribution in [1.29, 1.82) is 0 Å². The molecule has 0 amide bonds. The SMILES string of the molecule is C1=CCc2c(cccc2N(c2ccccc2)c2ccc(-c3c4ccccc4c(-c4ccc(N(c5cccc6ccccc56)C5C=CC=CC5)cc4)c4c3nc3ccccn34)cc2)C=C1. The fourth-order valence-corrected chi connectivity index (χ4v) is 10.0. The highest BCUT2D eigenvalue weighted by Gasteiger charge is 2.25. The predicted octanol–water partition coefficient (Wildman–Crippen LogP) is 15.7. The standard InChI is InChI=1S/C60H44N4/c1-4-18-42-20-16-30-54(50(42)26-9-1)63(46-22-5-2-6-23-46)48-37-33-44(34-38-48)57-52-28-12-13-29-53(52)58(60-59(57)61-56-32-14-15-41-62(56)60)45-35-39-49(40-36-45)64(47-24-7-3-8-25-47)55-31-17-21-43-19-10-11-27-51(43)55/h1-24,27-41,47H,25-26H2. The van der Waals surface area contributed by atoms with E-state index in [0.29, 0.717) is 0 Å². The van der Waals surface area contributed by atoms with Crippen LogP contribution in [-0.4, -0.2) is 15.4 Å². The highest BCUT2D eigenvalue weighted by atomic mass is 15.2. The summed E-state index contributed by atoms with van der Waals surface area (Å²) in [5.41, 5.74) is 15.9. The highest BCUT2D eigenvalue weighted by Crippen LogP contribution is 2.46. The highest BCUT2D eigenvalue weighted by molar-refractivity contribution is 6.20. The number of hydrogen-bond donors (Lipinski definition) is 0. The zero-order valence-corrected chi connectivity index (χ0v) is 35.3. The molecule has 64 heavy (non-hydrogen) atoms. The molecule has 8 aromatic carbocycles.